The highest BCUT2D eigenvalue weighted by Gasteiger charge is 2.09. The van der Waals surface area contributed by atoms with Gasteiger partial charge in [-0.3, -0.25) is 0 Å². The predicted octanol–water partition coefficient (Wildman–Crippen LogP) is 4.99. The highest BCUT2D eigenvalue weighted by atomic mass is 16.5. The summed E-state index contributed by atoms with van der Waals surface area (Å²) >= 11 is 0. The van der Waals surface area contributed by atoms with Crippen molar-refractivity contribution in [2.24, 2.45) is 0 Å². The second kappa shape index (κ2) is 7.39. The van der Waals surface area contributed by atoms with E-state index in [9.17, 15) is 0 Å². The minimum Gasteiger partial charge on any atom is -0.377 e. The van der Waals surface area contributed by atoms with Crippen molar-refractivity contribution < 1.29 is 9.47 Å². The fourth-order valence-electron chi connectivity index (χ4n) is 2.28. The van der Waals surface area contributed by atoms with Crippen molar-refractivity contribution >= 4 is 0 Å². The molecule has 2 aromatic carbocycles. The highest BCUT2D eigenvalue weighted by Crippen LogP contribution is 2.27. The Morgan fingerprint density at radius 1 is 0.952 bits per heavy atom. The van der Waals surface area contributed by atoms with Gasteiger partial charge in [-0.2, -0.15) is 0 Å². The van der Waals surface area contributed by atoms with Crippen LogP contribution in [0.25, 0.3) is 11.1 Å². The average molecular weight is 284 g/mol. The lowest BCUT2D eigenvalue weighted by Gasteiger charge is -2.15. The summed E-state index contributed by atoms with van der Waals surface area (Å²) in [5.74, 6) is 0. The first-order valence-corrected chi connectivity index (χ1v) is 7.44. The maximum atomic E-state index is 5.76. The van der Waals surface area contributed by atoms with Gasteiger partial charge in [0, 0.05) is 7.11 Å². The first kappa shape index (κ1) is 15.7. The third kappa shape index (κ3) is 4.16. The number of rotatable bonds is 6. The minimum atomic E-state index is 0.101. The van der Waals surface area contributed by atoms with Crippen LogP contribution in [0.4, 0.5) is 0 Å². The Morgan fingerprint density at radius 2 is 1.71 bits per heavy atom. The summed E-state index contributed by atoms with van der Waals surface area (Å²) in [5, 5.41) is 0. The van der Waals surface area contributed by atoms with Gasteiger partial charge in [0.15, 0.2) is 0 Å². The zero-order valence-corrected chi connectivity index (χ0v) is 13.3. The Labute approximate surface area is 127 Å². The molecule has 0 aliphatic rings. The van der Waals surface area contributed by atoms with Gasteiger partial charge in [0.05, 0.1) is 18.8 Å². The van der Waals surface area contributed by atoms with E-state index >= 15 is 0 Å². The molecule has 21 heavy (non-hydrogen) atoms. The molecule has 2 heteroatoms. The fourth-order valence-corrected chi connectivity index (χ4v) is 2.28. The minimum absolute atomic E-state index is 0.101. The molecule has 2 rings (SSSR count). The van der Waals surface area contributed by atoms with E-state index in [0.717, 1.165) is 0 Å². The lowest BCUT2D eigenvalue weighted by atomic mass is 9.97. The van der Waals surface area contributed by atoms with Crippen LogP contribution in [0, 0.1) is 0 Å². The molecule has 0 aromatic heterocycles. The van der Waals surface area contributed by atoms with E-state index in [1.54, 1.807) is 7.11 Å². The van der Waals surface area contributed by atoms with Crippen molar-refractivity contribution in [3.63, 3.8) is 0 Å². The first-order valence-electron chi connectivity index (χ1n) is 7.44. The Morgan fingerprint density at radius 3 is 2.43 bits per heavy atom. The molecule has 0 radical (unpaired) electrons. The van der Waals surface area contributed by atoms with Gasteiger partial charge < -0.3 is 9.47 Å². The maximum Gasteiger partial charge on any atom is 0.0793 e. The van der Waals surface area contributed by atoms with E-state index in [2.05, 4.69) is 69.3 Å². The molecule has 0 spiro atoms. The number of benzene rings is 2. The fraction of sp³-hybridized carbons (Fsp3) is 0.368. The molecule has 2 nitrogen and oxygen atoms in total. The highest BCUT2D eigenvalue weighted by molar-refractivity contribution is 5.68. The van der Waals surface area contributed by atoms with Crippen molar-refractivity contribution in [2.75, 3.05) is 7.11 Å². The van der Waals surface area contributed by atoms with Crippen LogP contribution >= 0.6 is 0 Å². The van der Waals surface area contributed by atoms with E-state index in [4.69, 9.17) is 9.47 Å². The Bertz CT molecular complexity index is 575. The van der Waals surface area contributed by atoms with Crippen molar-refractivity contribution in [1.82, 2.24) is 0 Å². The Hall–Kier alpha value is -1.64. The van der Waals surface area contributed by atoms with Crippen LogP contribution in [0.2, 0.25) is 0 Å². The predicted molar refractivity (Wildman–Crippen MR) is 87.2 cm³/mol. The molecule has 0 amide bonds. The number of ether oxygens (including phenoxy) is 2. The molecule has 2 aromatic rings. The van der Waals surface area contributed by atoms with E-state index in [0.29, 0.717) is 6.61 Å². The largest absolute Gasteiger partial charge is 0.377 e. The van der Waals surface area contributed by atoms with Gasteiger partial charge in [-0.15, -0.1) is 0 Å². The molecular weight excluding hydrogens is 260 g/mol. The molecule has 0 N–H and O–H groups in total. The molecule has 0 saturated carbocycles. The zero-order chi connectivity index (χ0) is 15.2. The molecular formula is C19H24O2. The summed E-state index contributed by atoms with van der Waals surface area (Å²) < 4.78 is 11.2. The second-order valence-electron chi connectivity index (χ2n) is 5.52. The number of methoxy groups -OCH3 is 1. The molecule has 0 aliphatic heterocycles. The van der Waals surface area contributed by atoms with Crippen LogP contribution < -0.4 is 0 Å². The number of hydrogen-bond acceptors (Lipinski definition) is 2. The molecule has 0 bridgehead atoms. The molecule has 0 saturated heterocycles. The molecule has 0 aliphatic carbocycles. The van der Waals surface area contributed by atoms with E-state index < -0.39 is 0 Å². The monoisotopic (exact) mass is 284 g/mol. The summed E-state index contributed by atoms with van der Waals surface area (Å²) in [6.07, 6.45) is 0.335. The van der Waals surface area contributed by atoms with Crippen LogP contribution in [-0.4, -0.2) is 13.2 Å². The molecule has 0 unspecified atom stereocenters. The lowest BCUT2D eigenvalue weighted by Crippen LogP contribution is -2.03. The van der Waals surface area contributed by atoms with Gasteiger partial charge in [0.1, 0.15) is 0 Å². The SMILES string of the molecule is CO[C@@H](C)c1cccc(-c2ccccc2COC(C)C)c1. The summed E-state index contributed by atoms with van der Waals surface area (Å²) in [6.45, 7) is 6.82. The van der Waals surface area contributed by atoms with E-state index in [1.807, 2.05) is 0 Å². The quantitative estimate of drug-likeness (QED) is 0.744. The van der Waals surface area contributed by atoms with Crippen molar-refractivity contribution in [1.29, 1.82) is 0 Å². The van der Waals surface area contributed by atoms with Crippen molar-refractivity contribution in [3.8, 4) is 11.1 Å². The van der Waals surface area contributed by atoms with Crippen molar-refractivity contribution in [2.45, 2.75) is 39.6 Å². The van der Waals surface area contributed by atoms with Gasteiger partial charge in [-0.1, -0.05) is 42.5 Å². The topological polar surface area (TPSA) is 18.5 Å². The summed E-state index contributed by atoms with van der Waals surface area (Å²) in [6, 6.07) is 16.9. The summed E-state index contributed by atoms with van der Waals surface area (Å²) in [7, 11) is 1.74. The lowest BCUT2D eigenvalue weighted by molar-refractivity contribution is 0.0660. The molecule has 112 valence electrons. The van der Waals surface area contributed by atoms with Gasteiger partial charge in [-0.05, 0) is 49.1 Å². The first-order chi connectivity index (χ1) is 10.1. The molecule has 1 atom stereocenters. The Balaban J connectivity index is 2.33. The van der Waals surface area contributed by atoms with Gasteiger partial charge in [0.25, 0.3) is 0 Å². The van der Waals surface area contributed by atoms with Crippen LogP contribution in [0.1, 0.15) is 38.0 Å². The van der Waals surface area contributed by atoms with Crippen LogP contribution in [0.5, 0.6) is 0 Å². The average Bonchev–Trinajstić information content (AvgIpc) is 2.52. The normalized spacial score (nSPS) is 12.6. The number of hydrogen-bond donors (Lipinski definition) is 0. The summed E-state index contributed by atoms with van der Waals surface area (Å²) in [4.78, 5) is 0. The molecule has 0 fully saturated rings. The summed E-state index contributed by atoms with van der Waals surface area (Å²) in [5.41, 5.74) is 4.84. The second-order valence-corrected chi connectivity index (χ2v) is 5.52. The van der Waals surface area contributed by atoms with Gasteiger partial charge in [0.2, 0.25) is 0 Å². The third-order valence-electron chi connectivity index (χ3n) is 3.61. The van der Waals surface area contributed by atoms with Gasteiger partial charge >= 0.3 is 0 Å². The van der Waals surface area contributed by atoms with E-state index in [1.165, 1.54) is 22.3 Å². The van der Waals surface area contributed by atoms with Crippen LogP contribution in [-0.2, 0) is 16.1 Å². The maximum absolute atomic E-state index is 5.76. The standard InChI is InChI=1S/C19H24O2/c1-14(2)21-13-18-8-5-6-11-19(18)17-10-7-9-16(12-17)15(3)20-4/h5-12,14-15H,13H2,1-4H3/t15-/m0/s1. The smallest absolute Gasteiger partial charge is 0.0793 e. The van der Waals surface area contributed by atoms with Crippen LogP contribution in [0.3, 0.4) is 0 Å². The van der Waals surface area contributed by atoms with E-state index in [-0.39, 0.29) is 12.2 Å². The zero-order valence-electron chi connectivity index (χ0n) is 13.3. The van der Waals surface area contributed by atoms with Crippen LogP contribution in [0.15, 0.2) is 48.5 Å². The van der Waals surface area contributed by atoms with Crippen molar-refractivity contribution in [3.05, 3.63) is 59.7 Å². The Kier molecular flexibility index (Phi) is 5.54. The third-order valence-corrected chi connectivity index (χ3v) is 3.61. The molecule has 0 heterocycles. The van der Waals surface area contributed by atoms with Gasteiger partial charge in [-0.25, -0.2) is 0 Å².